The fraction of sp³-hybridized carbons (Fsp3) is 0.833. The van der Waals surface area contributed by atoms with E-state index in [0.29, 0.717) is 6.10 Å². The van der Waals surface area contributed by atoms with Crippen LogP contribution >= 0.6 is 21.6 Å². The lowest BCUT2D eigenvalue weighted by atomic mass is 10.3. The molecule has 1 fully saturated rings. The molecule has 0 bridgehead atoms. The van der Waals surface area contributed by atoms with Crippen LogP contribution < -0.4 is 5.73 Å². The molecule has 3 nitrogen and oxygen atoms in total. The first-order valence-electron chi connectivity index (χ1n) is 3.54. The Morgan fingerprint density at radius 2 is 2.55 bits per heavy atom. The fourth-order valence-electron chi connectivity index (χ4n) is 0.949. The van der Waals surface area contributed by atoms with Crippen molar-refractivity contribution in [2.75, 3.05) is 12.4 Å². The lowest BCUT2D eigenvalue weighted by molar-refractivity contribution is 0.129. The first kappa shape index (κ1) is 9.22. The molecule has 0 aromatic carbocycles. The van der Waals surface area contributed by atoms with Crippen LogP contribution in [0.1, 0.15) is 12.8 Å². The van der Waals surface area contributed by atoms with Gasteiger partial charge >= 0.3 is 0 Å². The highest BCUT2D eigenvalue weighted by Gasteiger charge is 2.15. The Hall–Kier alpha value is 0.130. The van der Waals surface area contributed by atoms with Gasteiger partial charge in [0, 0.05) is 12.4 Å². The summed E-state index contributed by atoms with van der Waals surface area (Å²) in [7, 11) is 2.92. The average Bonchev–Trinajstić information content (AvgIpc) is 2.39. The van der Waals surface area contributed by atoms with Crippen LogP contribution in [-0.2, 0) is 4.74 Å². The Morgan fingerprint density at radius 1 is 1.73 bits per heavy atom. The van der Waals surface area contributed by atoms with Crippen molar-refractivity contribution in [3.8, 4) is 0 Å². The van der Waals surface area contributed by atoms with Crippen LogP contribution in [0.3, 0.4) is 0 Å². The van der Waals surface area contributed by atoms with Gasteiger partial charge in [0.15, 0.2) is 5.17 Å². The Morgan fingerprint density at radius 3 is 3.09 bits per heavy atom. The van der Waals surface area contributed by atoms with Crippen LogP contribution in [0.5, 0.6) is 0 Å². The molecule has 0 aliphatic carbocycles. The highest BCUT2D eigenvalue weighted by Crippen LogP contribution is 2.25. The van der Waals surface area contributed by atoms with Gasteiger partial charge in [0.05, 0.1) is 6.10 Å². The minimum absolute atomic E-state index is 0.174. The Balaban J connectivity index is 1.98. The Kier molecular flexibility index (Phi) is 4.11. The van der Waals surface area contributed by atoms with E-state index < -0.39 is 0 Å². The topological polar surface area (TPSA) is 59.1 Å². The summed E-state index contributed by atoms with van der Waals surface area (Å²) < 4.78 is 5.39. The first-order chi connectivity index (χ1) is 5.29. The van der Waals surface area contributed by atoms with Gasteiger partial charge in [-0.3, -0.25) is 5.41 Å². The minimum Gasteiger partial charge on any atom is -0.378 e. The van der Waals surface area contributed by atoms with E-state index in [4.69, 9.17) is 15.9 Å². The molecule has 1 unspecified atom stereocenters. The van der Waals surface area contributed by atoms with Crippen LogP contribution in [0.2, 0.25) is 0 Å². The zero-order valence-corrected chi connectivity index (χ0v) is 7.84. The smallest absolute Gasteiger partial charge is 0.161 e. The summed E-state index contributed by atoms with van der Waals surface area (Å²) in [5.74, 6) is 0.949. The molecule has 0 aromatic heterocycles. The van der Waals surface area contributed by atoms with Crippen molar-refractivity contribution in [2.45, 2.75) is 18.9 Å². The number of rotatable bonds is 3. The number of amidine groups is 1. The molecule has 1 atom stereocenters. The van der Waals surface area contributed by atoms with Crippen molar-refractivity contribution in [3.63, 3.8) is 0 Å². The summed E-state index contributed by atoms with van der Waals surface area (Å²) in [5, 5.41) is 7.12. The van der Waals surface area contributed by atoms with Crippen LogP contribution in [0.15, 0.2) is 0 Å². The predicted molar refractivity (Wildman–Crippen MR) is 50.9 cm³/mol. The van der Waals surface area contributed by atoms with Crippen molar-refractivity contribution >= 4 is 26.8 Å². The van der Waals surface area contributed by atoms with Crippen LogP contribution in [0, 0.1) is 5.41 Å². The summed E-state index contributed by atoms with van der Waals surface area (Å²) in [6, 6.07) is 0. The zero-order valence-electron chi connectivity index (χ0n) is 6.21. The Bertz CT molecular complexity index is 137. The number of nitrogens with one attached hydrogen (secondary N) is 1. The Labute approximate surface area is 74.3 Å². The van der Waals surface area contributed by atoms with Crippen molar-refractivity contribution in [1.29, 1.82) is 5.41 Å². The van der Waals surface area contributed by atoms with E-state index in [1.807, 2.05) is 0 Å². The van der Waals surface area contributed by atoms with Crippen LogP contribution in [0.4, 0.5) is 0 Å². The van der Waals surface area contributed by atoms with Gasteiger partial charge in [-0.05, 0) is 23.6 Å². The minimum atomic E-state index is 0.174. The molecule has 0 saturated carbocycles. The molecule has 1 saturated heterocycles. The van der Waals surface area contributed by atoms with Gasteiger partial charge in [-0.15, -0.1) is 0 Å². The highest BCUT2D eigenvalue weighted by atomic mass is 33.1. The molecule has 0 aromatic rings. The molecular weight excluding hydrogens is 180 g/mol. The van der Waals surface area contributed by atoms with Gasteiger partial charge in [0.25, 0.3) is 0 Å². The van der Waals surface area contributed by atoms with E-state index in [2.05, 4.69) is 0 Å². The second kappa shape index (κ2) is 4.90. The van der Waals surface area contributed by atoms with Crippen molar-refractivity contribution in [1.82, 2.24) is 0 Å². The predicted octanol–water partition coefficient (Wildman–Crippen LogP) is 1.44. The summed E-state index contributed by atoms with van der Waals surface area (Å²) in [5.41, 5.74) is 5.16. The van der Waals surface area contributed by atoms with Crippen molar-refractivity contribution in [2.24, 2.45) is 5.73 Å². The largest absolute Gasteiger partial charge is 0.378 e. The molecule has 1 heterocycles. The second-order valence-corrected chi connectivity index (χ2v) is 4.75. The maximum Gasteiger partial charge on any atom is 0.161 e. The quantitative estimate of drug-likeness (QED) is 0.403. The molecule has 1 aliphatic heterocycles. The van der Waals surface area contributed by atoms with Gasteiger partial charge < -0.3 is 10.5 Å². The normalized spacial score (nSPS) is 23.8. The highest BCUT2D eigenvalue weighted by molar-refractivity contribution is 8.82. The number of ether oxygens (including phenoxy) is 1. The molecule has 11 heavy (non-hydrogen) atoms. The van der Waals surface area contributed by atoms with E-state index in [0.717, 1.165) is 18.8 Å². The summed E-state index contributed by atoms with van der Waals surface area (Å²) >= 11 is 0. The molecule has 1 aliphatic rings. The number of hydrogen-bond acceptors (Lipinski definition) is 4. The van der Waals surface area contributed by atoms with E-state index >= 15 is 0 Å². The van der Waals surface area contributed by atoms with Gasteiger partial charge in [-0.1, -0.05) is 10.8 Å². The third kappa shape index (κ3) is 3.88. The average molecular weight is 192 g/mol. The van der Waals surface area contributed by atoms with Crippen LogP contribution in [-0.4, -0.2) is 23.6 Å². The molecular formula is C6H12N2OS2. The maximum absolute atomic E-state index is 6.95. The van der Waals surface area contributed by atoms with E-state index in [1.165, 1.54) is 17.2 Å². The summed E-state index contributed by atoms with van der Waals surface area (Å²) in [4.78, 5) is 0. The molecule has 0 radical (unpaired) electrons. The molecule has 1 rings (SSSR count). The number of nitrogens with two attached hydrogens (primary N) is 1. The van der Waals surface area contributed by atoms with E-state index in [9.17, 15) is 0 Å². The number of hydrogen-bond donors (Lipinski definition) is 2. The van der Waals surface area contributed by atoms with Gasteiger partial charge in [-0.2, -0.15) is 0 Å². The van der Waals surface area contributed by atoms with Gasteiger partial charge in [0.2, 0.25) is 0 Å². The monoisotopic (exact) mass is 192 g/mol. The van der Waals surface area contributed by atoms with Crippen molar-refractivity contribution in [3.05, 3.63) is 0 Å². The fourth-order valence-corrected chi connectivity index (χ4v) is 2.60. The van der Waals surface area contributed by atoms with E-state index in [-0.39, 0.29) is 5.17 Å². The van der Waals surface area contributed by atoms with Gasteiger partial charge in [0.1, 0.15) is 0 Å². The molecule has 64 valence electrons. The third-order valence-electron chi connectivity index (χ3n) is 1.43. The SMILES string of the molecule is N=C(N)SSCC1CCCO1. The lowest BCUT2D eigenvalue weighted by Gasteiger charge is -2.06. The van der Waals surface area contributed by atoms with Crippen LogP contribution in [0.25, 0.3) is 0 Å². The molecule has 0 spiro atoms. The van der Waals surface area contributed by atoms with Gasteiger partial charge in [-0.25, -0.2) is 0 Å². The third-order valence-corrected chi connectivity index (χ3v) is 3.53. The standard InChI is InChI=1S/C6H12N2OS2/c7-6(8)11-10-4-5-2-1-3-9-5/h5H,1-4H2,(H3,7,8). The van der Waals surface area contributed by atoms with E-state index in [1.54, 1.807) is 10.8 Å². The summed E-state index contributed by atoms with van der Waals surface area (Å²) in [6.07, 6.45) is 2.73. The maximum atomic E-state index is 6.95. The second-order valence-electron chi connectivity index (χ2n) is 2.37. The first-order valence-corrected chi connectivity index (χ1v) is 5.86. The van der Waals surface area contributed by atoms with Crippen molar-refractivity contribution < 1.29 is 4.74 Å². The zero-order chi connectivity index (χ0) is 8.10. The molecule has 0 amide bonds. The molecule has 3 N–H and O–H groups in total. The molecule has 5 heteroatoms. The summed E-state index contributed by atoms with van der Waals surface area (Å²) in [6.45, 7) is 0.899. The lowest BCUT2D eigenvalue weighted by Crippen LogP contribution is -2.08.